The van der Waals surface area contributed by atoms with Crippen molar-refractivity contribution < 1.29 is 10.2 Å². The van der Waals surface area contributed by atoms with Crippen molar-refractivity contribution in [2.75, 3.05) is 0 Å². The summed E-state index contributed by atoms with van der Waals surface area (Å²) in [5.41, 5.74) is 1.78. The Balaban J connectivity index is 2.61. The minimum atomic E-state index is -0.602. The molecule has 0 saturated heterocycles. The van der Waals surface area contributed by atoms with Gasteiger partial charge in [-0.05, 0) is 24.7 Å². The molecular formula is C22H34O2S. The van der Waals surface area contributed by atoms with Crippen LogP contribution in [0.25, 0.3) is 0 Å². The van der Waals surface area contributed by atoms with Crippen LogP contribution in [0.3, 0.4) is 0 Å². The molecule has 0 aromatic carbocycles. The Morgan fingerprint density at radius 2 is 1.08 bits per heavy atom. The van der Waals surface area contributed by atoms with Gasteiger partial charge in [0.25, 0.3) is 0 Å². The highest BCUT2D eigenvalue weighted by atomic mass is 32.2. The summed E-state index contributed by atoms with van der Waals surface area (Å²) < 4.78 is -1.05. The summed E-state index contributed by atoms with van der Waals surface area (Å²) in [7, 11) is 0. The van der Waals surface area contributed by atoms with Gasteiger partial charge in [-0.1, -0.05) is 89.1 Å². The predicted molar refractivity (Wildman–Crippen MR) is 110 cm³/mol. The lowest BCUT2D eigenvalue weighted by Gasteiger charge is -2.55. The van der Waals surface area contributed by atoms with Gasteiger partial charge in [0.1, 0.15) is 0 Å². The summed E-state index contributed by atoms with van der Waals surface area (Å²) in [6.45, 7) is 17.0. The van der Waals surface area contributed by atoms with Crippen molar-refractivity contribution in [2.24, 2.45) is 10.8 Å². The number of hydrogen-bond donors (Lipinski definition) is 2. The average molecular weight is 363 g/mol. The summed E-state index contributed by atoms with van der Waals surface area (Å²) in [6, 6.07) is 0. The number of aliphatic hydroxyl groups is 2. The first-order valence-corrected chi connectivity index (χ1v) is 9.88. The Bertz CT molecular complexity index is 586. The maximum atomic E-state index is 11.1. The van der Waals surface area contributed by atoms with E-state index in [2.05, 4.69) is 65.8 Å². The van der Waals surface area contributed by atoms with E-state index in [0.717, 1.165) is 11.1 Å². The Labute approximate surface area is 157 Å². The fraction of sp³-hybridized carbons (Fsp3) is 0.636. The zero-order chi connectivity index (χ0) is 19.3. The molecule has 0 aromatic rings. The second-order valence-electron chi connectivity index (χ2n) is 9.57. The lowest BCUT2D eigenvalue weighted by atomic mass is 9.72. The molecule has 3 heteroatoms. The molecule has 2 nitrogen and oxygen atoms in total. The molecule has 4 atom stereocenters. The van der Waals surface area contributed by atoms with E-state index in [-0.39, 0.29) is 10.8 Å². The van der Waals surface area contributed by atoms with Crippen LogP contribution in [0, 0.1) is 10.8 Å². The highest BCUT2D eigenvalue weighted by Crippen LogP contribution is 2.59. The quantitative estimate of drug-likeness (QED) is 0.723. The predicted octanol–water partition coefficient (Wildman–Crippen LogP) is 5.04. The summed E-state index contributed by atoms with van der Waals surface area (Å²) >= 11 is 1.71. The molecule has 2 rings (SSSR count). The SMILES string of the molecule is CC1=CC(O)C(SC2(C(C)(C)C)C=CC(C)=CC2O)(C(C)(C)C)C=C1. The topological polar surface area (TPSA) is 40.5 Å². The van der Waals surface area contributed by atoms with Crippen LogP contribution in [-0.4, -0.2) is 31.9 Å². The van der Waals surface area contributed by atoms with E-state index < -0.39 is 21.7 Å². The molecule has 2 N–H and O–H groups in total. The van der Waals surface area contributed by atoms with Gasteiger partial charge in [0.05, 0.1) is 21.7 Å². The van der Waals surface area contributed by atoms with Gasteiger partial charge < -0.3 is 10.2 Å². The van der Waals surface area contributed by atoms with E-state index in [1.807, 2.05) is 26.0 Å². The van der Waals surface area contributed by atoms with Crippen molar-refractivity contribution in [2.45, 2.75) is 77.1 Å². The minimum Gasteiger partial charge on any atom is -0.387 e. The van der Waals surface area contributed by atoms with Crippen LogP contribution in [0.15, 0.2) is 47.6 Å². The van der Waals surface area contributed by atoms with Crippen molar-refractivity contribution in [1.82, 2.24) is 0 Å². The van der Waals surface area contributed by atoms with Gasteiger partial charge in [0.2, 0.25) is 0 Å². The first kappa shape index (κ1) is 20.5. The number of allylic oxidation sites excluding steroid dienone is 4. The summed E-state index contributed by atoms with van der Waals surface area (Å²) in [4.78, 5) is 0. The van der Waals surface area contributed by atoms with Crippen molar-refractivity contribution in [3.05, 3.63) is 47.6 Å². The van der Waals surface area contributed by atoms with Gasteiger partial charge in [0, 0.05) is 0 Å². The first-order chi connectivity index (χ1) is 11.3. The van der Waals surface area contributed by atoms with Crippen molar-refractivity contribution in [3.63, 3.8) is 0 Å². The molecule has 2 aliphatic carbocycles. The van der Waals surface area contributed by atoms with Gasteiger partial charge in [-0.25, -0.2) is 0 Å². The third-order valence-electron chi connectivity index (χ3n) is 5.59. The van der Waals surface area contributed by atoms with Crippen LogP contribution in [0.2, 0.25) is 0 Å². The van der Waals surface area contributed by atoms with Crippen LogP contribution in [0.4, 0.5) is 0 Å². The lowest BCUT2D eigenvalue weighted by Crippen LogP contribution is -2.57. The van der Waals surface area contributed by atoms with Crippen LogP contribution < -0.4 is 0 Å². The largest absolute Gasteiger partial charge is 0.387 e. The summed E-state index contributed by atoms with van der Waals surface area (Å²) in [5.74, 6) is 0. The van der Waals surface area contributed by atoms with Gasteiger partial charge in [-0.3, -0.25) is 0 Å². The van der Waals surface area contributed by atoms with E-state index in [1.165, 1.54) is 0 Å². The van der Waals surface area contributed by atoms with Crippen LogP contribution in [0.1, 0.15) is 55.4 Å². The molecule has 0 amide bonds. The molecule has 0 radical (unpaired) electrons. The van der Waals surface area contributed by atoms with E-state index in [4.69, 9.17) is 0 Å². The highest BCUT2D eigenvalue weighted by Gasteiger charge is 2.57. The zero-order valence-corrected chi connectivity index (χ0v) is 17.7. The standard InChI is InChI=1S/C22H34O2S/c1-15-9-11-21(17(23)13-15,19(3,4)5)25-22(20(6,7)8)12-10-16(2)14-18(22)24/h9-14,17-18,23-24H,1-8H3. The third-order valence-corrected chi connectivity index (χ3v) is 8.25. The number of aliphatic hydroxyl groups excluding tert-OH is 2. The minimum absolute atomic E-state index is 0.188. The van der Waals surface area contributed by atoms with E-state index in [1.54, 1.807) is 11.8 Å². The molecule has 0 bridgehead atoms. The zero-order valence-electron chi connectivity index (χ0n) is 16.9. The van der Waals surface area contributed by atoms with Crippen molar-refractivity contribution in [1.29, 1.82) is 0 Å². The Kier molecular flexibility index (Phi) is 5.29. The molecule has 2 aliphatic rings. The molecule has 140 valence electrons. The normalized spacial score (nSPS) is 36.2. The summed E-state index contributed by atoms with van der Waals surface area (Å²) in [6.07, 6.45) is 11.2. The molecule has 0 saturated carbocycles. The third kappa shape index (κ3) is 3.43. The Hall–Kier alpha value is -0.770. The molecule has 0 spiro atoms. The molecule has 0 heterocycles. The Morgan fingerprint density at radius 3 is 1.32 bits per heavy atom. The Morgan fingerprint density at radius 1 is 0.760 bits per heavy atom. The monoisotopic (exact) mass is 362 g/mol. The molecule has 25 heavy (non-hydrogen) atoms. The van der Waals surface area contributed by atoms with Gasteiger partial charge in [-0.15, -0.1) is 11.8 Å². The van der Waals surface area contributed by atoms with E-state index in [0.29, 0.717) is 0 Å². The fourth-order valence-corrected chi connectivity index (χ4v) is 5.55. The van der Waals surface area contributed by atoms with E-state index in [9.17, 15) is 10.2 Å². The fourth-order valence-electron chi connectivity index (χ4n) is 3.73. The summed E-state index contributed by atoms with van der Waals surface area (Å²) in [5, 5.41) is 22.2. The highest BCUT2D eigenvalue weighted by molar-refractivity contribution is 8.02. The van der Waals surface area contributed by atoms with Crippen molar-refractivity contribution in [3.8, 4) is 0 Å². The van der Waals surface area contributed by atoms with Crippen LogP contribution >= 0.6 is 11.8 Å². The second-order valence-corrected chi connectivity index (χ2v) is 11.1. The smallest absolute Gasteiger partial charge is 0.0913 e. The van der Waals surface area contributed by atoms with Crippen LogP contribution in [-0.2, 0) is 0 Å². The van der Waals surface area contributed by atoms with Gasteiger partial charge in [-0.2, -0.15) is 0 Å². The molecule has 4 unspecified atom stereocenters. The second kappa shape index (κ2) is 6.44. The maximum absolute atomic E-state index is 11.1. The van der Waals surface area contributed by atoms with Gasteiger partial charge >= 0.3 is 0 Å². The number of hydrogen-bond acceptors (Lipinski definition) is 3. The first-order valence-electron chi connectivity index (χ1n) is 9.07. The van der Waals surface area contributed by atoms with Crippen molar-refractivity contribution >= 4 is 11.8 Å². The molecule has 0 aliphatic heterocycles. The van der Waals surface area contributed by atoms with E-state index >= 15 is 0 Å². The number of rotatable bonds is 2. The average Bonchev–Trinajstić information content (AvgIpc) is 2.42. The lowest BCUT2D eigenvalue weighted by molar-refractivity contribution is 0.111. The maximum Gasteiger partial charge on any atom is 0.0913 e. The van der Waals surface area contributed by atoms with Crippen LogP contribution in [0.5, 0.6) is 0 Å². The van der Waals surface area contributed by atoms with Gasteiger partial charge in [0.15, 0.2) is 0 Å². The molecule has 0 fully saturated rings. The molecule has 0 aromatic heterocycles. The molecular weight excluding hydrogens is 328 g/mol. The number of thioether (sulfide) groups is 1.